The molecule has 0 radical (unpaired) electrons. The summed E-state index contributed by atoms with van der Waals surface area (Å²) in [7, 11) is 0. The second kappa shape index (κ2) is 14.2. The number of likely N-dealkylation sites (tertiary alicyclic amines) is 1. The molecule has 2 aromatic heterocycles. The highest BCUT2D eigenvalue weighted by Gasteiger charge is 2.45. The molecule has 7 heterocycles. The second-order valence-electron chi connectivity index (χ2n) is 16.9. The molecule has 5 aliphatic heterocycles. The van der Waals surface area contributed by atoms with Crippen LogP contribution in [0.15, 0.2) is 48.8 Å². The van der Waals surface area contributed by atoms with E-state index in [4.69, 9.17) is 9.47 Å². The quantitative estimate of drug-likeness (QED) is 0.224. The van der Waals surface area contributed by atoms with E-state index in [1.807, 2.05) is 24.3 Å². The molecule has 15 heteroatoms. The third-order valence-electron chi connectivity index (χ3n) is 12.8. The van der Waals surface area contributed by atoms with Gasteiger partial charge >= 0.3 is 0 Å². The van der Waals surface area contributed by atoms with Gasteiger partial charge in [0.25, 0.3) is 11.8 Å². The number of H-pyrrole nitrogens is 1. The number of piperidine rings is 3. The zero-order valence-corrected chi connectivity index (χ0v) is 32.1. The molecule has 2 aromatic carbocycles. The monoisotopic (exact) mass is 773 g/mol. The number of carbonyl (C=O) groups is 4. The van der Waals surface area contributed by atoms with Crippen LogP contribution in [0.5, 0.6) is 5.75 Å². The minimum atomic E-state index is -0.958. The largest absolute Gasteiger partial charge is 0.488 e. The molecule has 296 valence electrons. The fraction of sp³-hybridized carbons (Fsp3) is 0.500. The minimum absolute atomic E-state index is 0.0515. The maximum Gasteiger partial charge on any atom is 0.262 e. The van der Waals surface area contributed by atoms with Crippen LogP contribution in [0.2, 0.25) is 0 Å². The molecule has 1 saturated carbocycles. The second-order valence-corrected chi connectivity index (χ2v) is 16.9. The normalized spacial score (nSPS) is 23.2. The Morgan fingerprint density at radius 1 is 0.825 bits per heavy atom. The summed E-state index contributed by atoms with van der Waals surface area (Å²) < 4.78 is 12.8. The molecule has 5 fully saturated rings. The molecule has 2 N–H and O–H groups in total. The van der Waals surface area contributed by atoms with Crippen molar-refractivity contribution in [3.05, 3.63) is 59.9 Å². The molecule has 57 heavy (non-hydrogen) atoms. The SMILES string of the molecule is CC1(Oc2ccc3n[nH]c(-c4cc(N5CC(OC6CCN(CC7CCN(c8ccc9c(c8)C(=O)N(C8CCC(=O)NC8=O)C9=O)CC7)CC6)C5)ncn4)c3c2)CC1. The average Bonchev–Trinajstić information content (AvgIpc) is 3.68. The predicted molar refractivity (Wildman–Crippen MR) is 210 cm³/mol. The number of carbonyl (C=O) groups excluding carboxylic acids is 4. The van der Waals surface area contributed by atoms with Crippen LogP contribution >= 0.6 is 0 Å². The van der Waals surface area contributed by atoms with E-state index in [1.165, 1.54) is 0 Å². The molecule has 0 spiro atoms. The van der Waals surface area contributed by atoms with E-state index < -0.39 is 23.8 Å². The van der Waals surface area contributed by atoms with Crippen LogP contribution in [0, 0.1) is 5.92 Å². The van der Waals surface area contributed by atoms with Gasteiger partial charge in [0.05, 0.1) is 40.2 Å². The van der Waals surface area contributed by atoms with Crippen LogP contribution in [0.25, 0.3) is 22.3 Å². The van der Waals surface area contributed by atoms with Crippen molar-refractivity contribution < 1.29 is 28.7 Å². The highest BCUT2D eigenvalue weighted by Crippen LogP contribution is 2.41. The van der Waals surface area contributed by atoms with Gasteiger partial charge < -0.3 is 24.2 Å². The summed E-state index contributed by atoms with van der Waals surface area (Å²) in [6.07, 6.45) is 8.65. The Labute approximate surface area is 330 Å². The Kier molecular flexibility index (Phi) is 8.96. The third kappa shape index (κ3) is 7.00. The molecule has 4 aromatic rings. The first-order chi connectivity index (χ1) is 27.7. The van der Waals surface area contributed by atoms with Gasteiger partial charge in [0.15, 0.2) is 0 Å². The number of amides is 4. The van der Waals surface area contributed by atoms with Gasteiger partial charge in [-0.25, -0.2) is 9.97 Å². The number of anilines is 2. The maximum atomic E-state index is 13.3. The lowest BCUT2D eigenvalue weighted by Crippen LogP contribution is -2.54. The van der Waals surface area contributed by atoms with Gasteiger partial charge in [-0.15, -0.1) is 0 Å². The Morgan fingerprint density at radius 3 is 2.39 bits per heavy atom. The molecule has 10 rings (SSSR count). The molecule has 1 aliphatic carbocycles. The first-order valence-electron chi connectivity index (χ1n) is 20.4. The molecule has 6 aliphatic rings. The summed E-state index contributed by atoms with van der Waals surface area (Å²) in [6.45, 7) is 8.65. The number of aromatic nitrogens is 4. The lowest BCUT2D eigenvalue weighted by molar-refractivity contribution is -0.136. The Morgan fingerprint density at radius 2 is 1.61 bits per heavy atom. The number of ether oxygens (including phenoxy) is 2. The summed E-state index contributed by atoms with van der Waals surface area (Å²) in [5, 5.41) is 10.9. The predicted octanol–water partition coefficient (Wildman–Crippen LogP) is 3.94. The van der Waals surface area contributed by atoms with Crippen LogP contribution in [-0.2, 0) is 14.3 Å². The zero-order valence-electron chi connectivity index (χ0n) is 32.1. The fourth-order valence-corrected chi connectivity index (χ4v) is 9.07. The zero-order chi connectivity index (χ0) is 38.8. The van der Waals surface area contributed by atoms with E-state index in [0.717, 1.165) is 129 Å². The lowest BCUT2D eigenvalue weighted by Gasteiger charge is -2.43. The van der Waals surface area contributed by atoms with Crippen molar-refractivity contribution >= 4 is 46.0 Å². The van der Waals surface area contributed by atoms with Crippen molar-refractivity contribution in [2.75, 3.05) is 55.6 Å². The van der Waals surface area contributed by atoms with Crippen LogP contribution in [0.4, 0.5) is 11.5 Å². The van der Waals surface area contributed by atoms with Gasteiger partial charge in [-0.05, 0) is 94.2 Å². The van der Waals surface area contributed by atoms with E-state index in [1.54, 1.807) is 18.5 Å². The van der Waals surface area contributed by atoms with Crippen LogP contribution < -0.4 is 19.9 Å². The Bertz CT molecular complexity index is 2250. The molecule has 1 atom stereocenters. The number of benzene rings is 2. The van der Waals surface area contributed by atoms with Crippen LogP contribution in [-0.4, -0.2) is 123 Å². The average molecular weight is 774 g/mol. The number of fused-ring (bicyclic) bond motifs is 2. The standard InChI is InChI=1S/C42H47N9O6/c1-42(12-13-42)57-28-3-5-33-32(19-28)38(47-46-33)34-20-36(44-24-43-34)50-22-29(23-50)56-27-10-14-48(15-11-27)21-25-8-16-49(17-9-25)26-2-4-30-31(18-26)41(55)51(40(30)54)35-6-7-37(52)45-39(35)53/h2-5,18-20,24-25,27,29,35H,6-17,21-23H2,1H3,(H,46,47)(H,45,52,53). The molecular weight excluding hydrogens is 727 g/mol. The molecular formula is C42H47N9O6. The summed E-state index contributed by atoms with van der Waals surface area (Å²) in [5.74, 6) is 0.419. The van der Waals surface area contributed by atoms with Crippen molar-refractivity contribution in [2.24, 2.45) is 5.92 Å². The minimum Gasteiger partial charge on any atom is -0.488 e. The lowest BCUT2D eigenvalue weighted by atomic mass is 9.94. The van der Waals surface area contributed by atoms with Gasteiger partial charge in [0.1, 0.15) is 29.5 Å². The first-order valence-corrected chi connectivity index (χ1v) is 20.4. The van der Waals surface area contributed by atoms with Gasteiger partial charge in [0.2, 0.25) is 11.8 Å². The highest BCUT2D eigenvalue weighted by molar-refractivity contribution is 6.23. The number of hydrogen-bond donors (Lipinski definition) is 2. The third-order valence-corrected chi connectivity index (χ3v) is 12.8. The number of rotatable bonds is 10. The van der Waals surface area contributed by atoms with Gasteiger partial charge in [-0.2, -0.15) is 5.10 Å². The van der Waals surface area contributed by atoms with Gasteiger partial charge in [0, 0.05) is 69.4 Å². The fourth-order valence-electron chi connectivity index (χ4n) is 9.07. The van der Waals surface area contributed by atoms with E-state index in [-0.39, 0.29) is 36.6 Å². The van der Waals surface area contributed by atoms with Crippen molar-refractivity contribution in [3.8, 4) is 17.1 Å². The Hall–Kier alpha value is -5.41. The Balaban J connectivity index is 0.671. The first kappa shape index (κ1) is 36.0. The summed E-state index contributed by atoms with van der Waals surface area (Å²) in [4.78, 5) is 67.8. The summed E-state index contributed by atoms with van der Waals surface area (Å²) in [5.41, 5.74) is 4.05. The van der Waals surface area contributed by atoms with Crippen molar-refractivity contribution in [3.63, 3.8) is 0 Å². The number of aromatic amines is 1. The summed E-state index contributed by atoms with van der Waals surface area (Å²) >= 11 is 0. The molecule has 4 amide bonds. The number of imide groups is 2. The van der Waals surface area contributed by atoms with Gasteiger partial charge in [-0.3, -0.25) is 34.5 Å². The number of nitrogens with zero attached hydrogens (tertiary/aromatic N) is 7. The number of nitrogens with one attached hydrogen (secondary N) is 2. The van der Waals surface area contributed by atoms with E-state index in [2.05, 4.69) is 53.2 Å². The molecule has 4 saturated heterocycles. The topological polar surface area (TPSA) is 166 Å². The number of hydrogen-bond acceptors (Lipinski definition) is 12. The molecule has 15 nitrogen and oxygen atoms in total. The highest BCUT2D eigenvalue weighted by atomic mass is 16.5. The maximum absolute atomic E-state index is 13.3. The van der Waals surface area contributed by atoms with Crippen LogP contribution in [0.1, 0.15) is 79.0 Å². The smallest absolute Gasteiger partial charge is 0.262 e. The van der Waals surface area contributed by atoms with Crippen molar-refractivity contribution in [1.29, 1.82) is 0 Å². The van der Waals surface area contributed by atoms with Crippen molar-refractivity contribution in [1.82, 2.24) is 35.3 Å². The van der Waals surface area contributed by atoms with E-state index in [0.29, 0.717) is 17.0 Å². The van der Waals surface area contributed by atoms with Gasteiger partial charge in [-0.1, -0.05) is 0 Å². The summed E-state index contributed by atoms with van der Waals surface area (Å²) in [6, 6.07) is 12.5. The van der Waals surface area contributed by atoms with Crippen LogP contribution in [0.3, 0.4) is 0 Å². The molecule has 0 bridgehead atoms. The van der Waals surface area contributed by atoms with E-state index >= 15 is 0 Å². The van der Waals surface area contributed by atoms with E-state index in [9.17, 15) is 19.2 Å². The van der Waals surface area contributed by atoms with Crippen molar-refractivity contribution in [2.45, 2.75) is 82.1 Å². The molecule has 1 unspecified atom stereocenters.